The minimum atomic E-state index is -4.12. The minimum Gasteiger partial charge on any atom is -0.494 e. The van der Waals surface area contributed by atoms with E-state index < -0.39 is 31.4 Å². The van der Waals surface area contributed by atoms with Gasteiger partial charge < -0.3 is 15.0 Å². The number of anilines is 3. The van der Waals surface area contributed by atoms with E-state index in [1.54, 1.807) is 18.2 Å². The number of aryl methyl sites for hydroxylation is 1. The number of piperidine rings is 1. The number of sulfonamides is 1. The van der Waals surface area contributed by atoms with Gasteiger partial charge in [-0.2, -0.15) is 9.29 Å². The van der Waals surface area contributed by atoms with Gasteiger partial charge in [0, 0.05) is 63.3 Å². The van der Waals surface area contributed by atoms with Crippen molar-refractivity contribution in [3.05, 3.63) is 94.7 Å². The SMILES string of the molecule is COc1cc(N2CCC(N3CCN(S(C)(=O)=O)CC3)CC2)ccc1Nc1nc2c(ccn2S(=O)(=O)c2ccc(C)cc2)c2nc3cccc(F)c3c(=O)n12. The molecule has 0 spiro atoms. The van der Waals surface area contributed by atoms with Crippen molar-refractivity contribution >= 4 is 65.0 Å². The van der Waals surface area contributed by atoms with E-state index in [9.17, 15) is 21.6 Å². The van der Waals surface area contributed by atoms with Crippen molar-refractivity contribution in [2.24, 2.45) is 0 Å². The van der Waals surface area contributed by atoms with E-state index >= 15 is 4.39 Å². The van der Waals surface area contributed by atoms with Gasteiger partial charge >= 0.3 is 0 Å². The Balaban J connectivity index is 1.14. The van der Waals surface area contributed by atoms with Gasteiger partial charge in [0.05, 0.1) is 34.9 Å². The third-order valence-corrected chi connectivity index (χ3v) is 13.4. The summed E-state index contributed by atoms with van der Waals surface area (Å²) in [7, 11) is -5.78. The quantitative estimate of drug-likeness (QED) is 0.222. The molecule has 282 valence electrons. The van der Waals surface area contributed by atoms with Crippen LogP contribution in [0, 0.1) is 12.7 Å². The number of ether oxygens (including phenoxy) is 1. The molecule has 3 aromatic heterocycles. The van der Waals surface area contributed by atoms with Crippen LogP contribution in [0.15, 0.2) is 82.6 Å². The smallest absolute Gasteiger partial charge is 0.271 e. The number of halogens is 1. The maximum Gasteiger partial charge on any atom is 0.271 e. The molecular formula is C37H39FN8O6S2. The lowest BCUT2D eigenvalue weighted by molar-refractivity contribution is 0.120. The average molecular weight is 775 g/mol. The second kappa shape index (κ2) is 13.6. The number of aromatic nitrogens is 4. The third-order valence-electron chi connectivity index (χ3n) is 10.4. The van der Waals surface area contributed by atoms with Crippen LogP contribution in [0.3, 0.4) is 0 Å². The van der Waals surface area contributed by atoms with Gasteiger partial charge in [-0.25, -0.2) is 34.6 Å². The summed E-state index contributed by atoms with van der Waals surface area (Å²) >= 11 is 0. The predicted molar refractivity (Wildman–Crippen MR) is 205 cm³/mol. The topological polar surface area (TPSA) is 151 Å². The Kier molecular flexibility index (Phi) is 9.07. The molecule has 1 N–H and O–H groups in total. The first-order valence-corrected chi connectivity index (χ1v) is 20.9. The Hall–Kier alpha value is -5.10. The monoisotopic (exact) mass is 774 g/mol. The molecule has 8 rings (SSSR count). The number of methoxy groups -OCH3 is 1. The molecule has 0 unspecified atom stereocenters. The highest BCUT2D eigenvalue weighted by Crippen LogP contribution is 2.35. The summed E-state index contributed by atoms with van der Waals surface area (Å²) in [6.45, 7) is 5.88. The minimum absolute atomic E-state index is 0.0249. The Morgan fingerprint density at radius 1 is 0.870 bits per heavy atom. The van der Waals surface area contributed by atoms with Crippen molar-refractivity contribution in [1.29, 1.82) is 0 Å². The summed E-state index contributed by atoms with van der Waals surface area (Å²) < 4.78 is 76.4. The molecule has 2 fully saturated rings. The molecule has 0 radical (unpaired) electrons. The van der Waals surface area contributed by atoms with E-state index in [0.717, 1.165) is 45.6 Å². The molecule has 0 amide bonds. The van der Waals surface area contributed by atoms with E-state index in [1.165, 1.54) is 60.3 Å². The fourth-order valence-electron chi connectivity index (χ4n) is 7.50. The second-order valence-electron chi connectivity index (χ2n) is 13.7. The number of nitrogens with zero attached hydrogens (tertiary/aromatic N) is 7. The normalized spacial score (nSPS) is 16.8. The molecule has 5 heterocycles. The van der Waals surface area contributed by atoms with Crippen molar-refractivity contribution < 1.29 is 26.0 Å². The Morgan fingerprint density at radius 2 is 1.59 bits per heavy atom. The highest BCUT2D eigenvalue weighted by atomic mass is 32.2. The molecule has 14 nitrogen and oxygen atoms in total. The van der Waals surface area contributed by atoms with Gasteiger partial charge in [-0.05, 0) is 62.2 Å². The van der Waals surface area contributed by atoms with Crippen molar-refractivity contribution in [1.82, 2.24) is 27.5 Å². The number of hydrogen-bond donors (Lipinski definition) is 1. The van der Waals surface area contributed by atoms with Crippen LogP contribution < -0.4 is 20.5 Å². The molecule has 17 heteroatoms. The summed E-state index contributed by atoms with van der Waals surface area (Å²) in [4.78, 5) is 28.1. The Morgan fingerprint density at radius 3 is 2.28 bits per heavy atom. The summed E-state index contributed by atoms with van der Waals surface area (Å²) in [5.41, 5.74) is 1.79. The van der Waals surface area contributed by atoms with E-state index in [4.69, 9.17) is 4.74 Å². The first-order valence-electron chi connectivity index (χ1n) is 17.6. The number of piperazine rings is 1. The second-order valence-corrected chi connectivity index (χ2v) is 17.5. The fraction of sp³-hybridized carbons (Fsp3) is 0.324. The van der Waals surface area contributed by atoms with Crippen LogP contribution in [0.5, 0.6) is 5.75 Å². The van der Waals surface area contributed by atoms with E-state index in [0.29, 0.717) is 43.7 Å². The molecule has 0 aliphatic carbocycles. The average Bonchev–Trinajstić information content (AvgIpc) is 3.60. The predicted octanol–water partition coefficient (Wildman–Crippen LogP) is 4.18. The van der Waals surface area contributed by atoms with E-state index in [1.807, 2.05) is 19.1 Å². The highest BCUT2D eigenvalue weighted by molar-refractivity contribution is 7.90. The van der Waals surface area contributed by atoms with Crippen LogP contribution in [0.4, 0.5) is 21.7 Å². The standard InChI is InChI=1S/C37H39FN8O6S2/c1-24-7-10-27(11-8-24)54(50,51)45-18-15-28-34(45)41-37(46-35(28)39-31-6-4-5-29(38)33(31)36(46)47)40-30-12-9-26(23-32(30)52-2)42-16-13-25(14-17-42)43-19-21-44(22-20-43)53(3,48)49/h4-12,15,18,23,25H,13-14,16-17,19-22H2,1-3H3,(H,40,41). The summed E-state index contributed by atoms with van der Waals surface area (Å²) in [5, 5.41) is 3.23. The van der Waals surface area contributed by atoms with Crippen molar-refractivity contribution in [3.63, 3.8) is 0 Å². The lowest BCUT2D eigenvalue weighted by Crippen LogP contribution is -2.54. The molecule has 6 aromatic rings. The molecule has 0 saturated carbocycles. The zero-order valence-corrected chi connectivity index (χ0v) is 31.6. The van der Waals surface area contributed by atoms with Gasteiger partial charge in [0.25, 0.3) is 15.6 Å². The van der Waals surface area contributed by atoms with Crippen molar-refractivity contribution in [2.75, 3.05) is 62.9 Å². The lowest BCUT2D eigenvalue weighted by atomic mass is 10.0. The van der Waals surface area contributed by atoms with Crippen LogP contribution >= 0.6 is 0 Å². The van der Waals surface area contributed by atoms with E-state index in [2.05, 4.69) is 25.1 Å². The summed E-state index contributed by atoms with van der Waals surface area (Å²) in [6, 6.07) is 18.1. The van der Waals surface area contributed by atoms with Gasteiger partial charge in [0.1, 0.15) is 17.0 Å². The van der Waals surface area contributed by atoms with Gasteiger partial charge in [-0.3, -0.25) is 9.69 Å². The van der Waals surface area contributed by atoms with Crippen molar-refractivity contribution in [2.45, 2.75) is 30.7 Å². The first kappa shape index (κ1) is 35.9. The van der Waals surface area contributed by atoms with Crippen LogP contribution in [-0.2, 0) is 20.0 Å². The molecule has 2 saturated heterocycles. The summed E-state index contributed by atoms with van der Waals surface area (Å²) in [5.74, 6) is -0.383. The molecule has 2 aliphatic rings. The Labute approximate surface area is 311 Å². The highest BCUT2D eigenvalue weighted by Gasteiger charge is 2.31. The molecule has 3 aromatic carbocycles. The number of hydrogen-bond acceptors (Lipinski definition) is 11. The van der Waals surface area contributed by atoms with Gasteiger partial charge in [-0.15, -0.1) is 0 Å². The molecular weight excluding hydrogens is 736 g/mol. The first-order chi connectivity index (χ1) is 25.8. The zero-order chi connectivity index (χ0) is 37.9. The maximum atomic E-state index is 15.1. The molecule has 2 aliphatic heterocycles. The number of benzene rings is 3. The van der Waals surface area contributed by atoms with Crippen LogP contribution in [-0.4, -0.2) is 103 Å². The third kappa shape index (κ3) is 6.33. The van der Waals surface area contributed by atoms with Crippen molar-refractivity contribution in [3.8, 4) is 5.75 Å². The van der Waals surface area contributed by atoms with Crippen LogP contribution in [0.25, 0.3) is 27.6 Å². The number of nitrogens with one attached hydrogen (secondary N) is 1. The Bertz CT molecular complexity index is 2700. The number of fused-ring (bicyclic) bond motifs is 4. The lowest BCUT2D eigenvalue weighted by Gasteiger charge is -2.42. The van der Waals surface area contributed by atoms with Crippen LogP contribution in [0.1, 0.15) is 18.4 Å². The van der Waals surface area contributed by atoms with Gasteiger partial charge in [0.2, 0.25) is 16.0 Å². The molecule has 0 bridgehead atoms. The molecule has 0 atom stereocenters. The fourth-order valence-corrected chi connectivity index (χ4v) is 9.62. The van der Waals surface area contributed by atoms with E-state index in [-0.39, 0.29) is 38.4 Å². The van der Waals surface area contributed by atoms with Gasteiger partial charge in [-0.1, -0.05) is 23.8 Å². The maximum absolute atomic E-state index is 15.1. The largest absolute Gasteiger partial charge is 0.494 e. The zero-order valence-electron chi connectivity index (χ0n) is 29.9. The van der Waals surface area contributed by atoms with Gasteiger partial charge in [0.15, 0.2) is 11.3 Å². The summed E-state index contributed by atoms with van der Waals surface area (Å²) in [6.07, 6.45) is 4.46. The number of rotatable bonds is 8. The van der Waals surface area contributed by atoms with Crippen LogP contribution in [0.2, 0.25) is 0 Å². The molecule has 54 heavy (non-hydrogen) atoms.